The molecule has 4 heteroatoms. The molecule has 0 radical (unpaired) electrons. The molecule has 0 aromatic heterocycles. The summed E-state index contributed by atoms with van der Waals surface area (Å²) in [4.78, 5) is 15.8. The van der Waals surface area contributed by atoms with Gasteiger partial charge in [0.05, 0.1) is 17.9 Å². The third-order valence-electron chi connectivity index (χ3n) is 4.84. The van der Waals surface area contributed by atoms with E-state index in [9.17, 15) is 4.79 Å². The van der Waals surface area contributed by atoms with E-state index in [1.165, 1.54) is 18.4 Å². The van der Waals surface area contributed by atoms with E-state index in [0.717, 1.165) is 19.3 Å². The highest BCUT2D eigenvalue weighted by Gasteiger charge is 2.56. The molecule has 0 N–H and O–H groups in total. The second-order valence-corrected chi connectivity index (χ2v) is 7.10. The van der Waals surface area contributed by atoms with E-state index in [0.29, 0.717) is 6.04 Å². The van der Waals surface area contributed by atoms with Crippen molar-refractivity contribution in [2.45, 2.75) is 41.5 Å². The number of esters is 1. The summed E-state index contributed by atoms with van der Waals surface area (Å²) < 4.78 is 5.07. The predicted molar refractivity (Wildman–Crippen MR) is 80.6 cm³/mol. The Balaban J connectivity index is 1.94. The quantitative estimate of drug-likeness (QED) is 0.800. The highest BCUT2D eigenvalue weighted by Crippen LogP contribution is 2.55. The molecule has 3 nitrogen and oxygen atoms in total. The number of carbonyl (C=O) groups excluding carboxylic acids is 1. The second kappa shape index (κ2) is 5.41. The van der Waals surface area contributed by atoms with Crippen LogP contribution >= 0.6 is 11.8 Å². The fraction of sp³-hybridized carbons (Fsp3) is 0.562. The van der Waals surface area contributed by atoms with Crippen molar-refractivity contribution in [3.05, 3.63) is 30.3 Å². The monoisotopic (exact) mass is 291 g/mol. The summed E-state index contributed by atoms with van der Waals surface area (Å²) >= 11 is 1.84. The van der Waals surface area contributed by atoms with Crippen LogP contribution in [-0.2, 0) is 9.53 Å². The second-order valence-electron chi connectivity index (χ2n) is 5.72. The Kier molecular flexibility index (Phi) is 3.78. The summed E-state index contributed by atoms with van der Waals surface area (Å²) in [5, 5.41) is 0. The van der Waals surface area contributed by atoms with Gasteiger partial charge in [0.1, 0.15) is 0 Å². The number of hydrogen-bond donors (Lipinski definition) is 0. The minimum absolute atomic E-state index is 0.0264. The molecule has 0 spiro atoms. The number of piperidine rings is 1. The molecule has 2 saturated heterocycles. The van der Waals surface area contributed by atoms with E-state index in [2.05, 4.69) is 36.2 Å². The van der Waals surface area contributed by atoms with Gasteiger partial charge in [0.2, 0.25) is 0 Å². The standard InChI is InChI=1S/C16H21NO2S/c1-17-12-8-9-14(15(18)19-2)16(17,11-10-12)20-13-6-4-3-5-7-13/h3-7,12,14H,8-11H2,1-2H3/t12-,14+,16+/m1/s1. The molecule has 108 valence electrons. The van der Waals surface area contributed by atoms with E-state index in [1.54, 1.807) is 0 Å². The zero-order valence-corrected chi connectivity index (χ0v) is 12.9. The Bertz CT molecular complexity index is 493. The van der Waals surface area contributed by atoms with Gasteiger partial charge in [-0.15, -0.1) is 11.8 Å². The number of thioether (sulfide) groups is 1. The third-order valence-corrected chi connectivity index (χ3v) is 6.48. The summed E-state index contributed by atoms with van der Waals surface area (Å²) in [7, 11) is 3.67. The lowest BCUT2D eigenvalue weighted by Crippen LogP contribution is -2.54. The first-order chi connectivity index (χ1) is 9.67. The minimum Gasteiger partial charge on any atom is -0.469 e. The van der Waals surface area contributed by atoms with Crippen LogP contribution in [0.5, 0.6) is 0 Å². The normalized spacial score (nSPS) is 33.1. The number of benzene rings is 1. The average Bonchev–Trinajstić information content (AvgIpc) is 2.68. The van der Waals surface area contributed by atoms with Crippen molar-refractivity contribution >= 4 is 17.7 Å². The van der Waals surface area contributed by atoms with Crippen molar-refractivity contribution in [3.63, 3.8) is 0 Å². The first-order valence-corrected chi connectivity index (χ1v) is 8.04. The zero-order valence-electron chi connectivity index (χ0n) is 12.0. The van der Waals surface area contributed by atoms with Gasteiger partial charge in [0.25, 0.3) is 0 Å². The van der Waals surface area contributed by atoms with Gasteiger partial charge < -0.3 is 4.74 Å². The molecule has 0 unspecified atom stereocenters. The molecule has 1 aromatic rings. The molecular weight excluding hydrogens is 270 g/mol. The van der Waals surface area contributed by atoms with Gasteiger partial charge in [-0.1, -0.05) is 18.2 Å². The molecule has 2 fully saturated rings. The van der Waals surface area contributed by atoms with Crippen molar-refractivity contribution in [1.29, 1.82) is 0 Å². The van der Waals surface area contributed by atoms with Crippen molar-refractivity contribution in [2.75, 3.05) is 14.2 Å². The Morgan fingerprint density at radius 2 is 2.05 bits per heavy atom. The van der Waals surface area contributed by atoms with E-state index >= 15 is 0 Å². The highest BCUT2D eigenvalue weighted by atomic mass is 32.2. The first kappa shape index (κ1) is 14.0. The van der Waals surface area contributed by atoms with Crippen molar-refractivity contribution in [3.8, 4) is 0 Å². The largest absolute Gasteiger partial charge is 0.469 e. The van der Waals surface area contributed by atoms with Gasteiger partial charge in [-0.25, -0.2) is 0 Å². The maximum atomic E-state index is 12.2. The van der Waals surface area contributed by atoms with Gasteiger partial charge in [0, 0.05) is 10.9 Å². The molecule has 0 aliphatic carbocycles. The van der Waals surface area contributed by atoms with Crippen LogP contribution in [-0.4, -0.2) is 35.9 Å². The van der Waals surface area contributed by atoms with E-state index < -0.39 is 0 Å². The van der Waals surface area contributed by atoms with E-state index in [4.69, 9.17) is 4.74 Å². The lowest BCUT2D eigenvalue weighted by Gasteiger charge is -2.46. The summed E-state index contributed by atoms with van der Waals surface area (Å²) in [5.41, 5.74) is 0. The maximum absolute atomic E-state index is 12.2. The fourth-order valence-corrected chi connectivity index (χ4v) is 5.30. The number of rotatable bonds is 3. The van der Waals surface area contributed by atoms with Gasteiger partial charge in [0.15, 0.2) is 0 Å². The Morgan fingerprint density at radius 1 is 1.30 bits per heavy atom. The van der Waals surface area contributed by atoms with Crippen LogP contribution in [0.3, 0.4) is 0 Å². The maximum Gasteiger partial charge on any atom is 0.311 e. The molecule has 2 bridgehead atoms. The van der Waals surface area contributed by atoms with Crippen molar-refractivity contribution in [2.24, 2.45) is 5.92 Å². The molecule has 20 heavy (non-hydrogen) atoms. The van der Waals surface area contributed by atoms with Crippen molar-refractivity contribution < 1.29 is 9.53 Å². The van der Waals surface area contributed by atoms with E-state index in [-0.39, 0.29) is 16.8 Å². The van der Waals surface area contributed by atoms with Crippen LogP contribution in [0, 0.1) is 5.92 Å². The lowest BCUT2D eigenvalue weighted by atomic mass is 9.90. The Hall–Kier alpha value is -1.00. The van der Waals surface area contributed by atoms with Crippen LogP contribution < -0.4 is 0 Å². The highest BCUT2D eigenvalue weighted by molar-refractivity contribution is 8.00. The topological polar surface area (TPSA) is 29.5 Å². The third kappa shape index (κ3) is 2.15. The van der Waals surface area contributed by atoms with Crippen LogP contribution in [0.2, 0.25) is 0 Å². The Morgan fingerprint density at radius 3 is 2.75 bits per heavy atom. The molecule has 0 saturated carbocycles. The van der Waals surface area contributed by atoms with Gasteiger partial charge in [-0.05, 0) is 44.9 Å². The molecule has 2 aliphatic rings. The predicted octanol–water partition coefficient (Wildman–Crippen LogP) is 3.15. The molecule has 1 aromatic carbocycles. The van der Waals surface area contributed by atoms with Gasteiger partial charge in [-0.3, -0.25) is 9.69 Å². The first-order valence-electron chi connectivity index (χ1n) is 7.22. The summed E-state index contributed by atoms with van der Waals surface area (Å²) in [5.74, 6) is -0.0814. The van der Waals surface area contributed by atoms with Crippen LogP contribution in [0.4, 0.5) is 0 Å². The SMILES string of the molecule is COC(=O)[C@@H]1CC[C@@H]2CC[C@@]1(Sc1ccccc1)N2C. The number of fused-ring (bicyclic) bond motifs is 2. The molecule has 3 rings (SSSR count). The summed E-state index contributed by atoms with van der Waals surface area (Å²) in [6.07, 6.45) is 4.30. The zero-order chi connectivity index (χ0) is 14.2. The average molecular weight is 291 g/mol. The smallest absolute Gasteiger partial charge is 0.311 e. The molecule has 2 heterocycles. The number of nitrogens with zero attached hydrogens (tertiary/aromatic N) is 1. The molecule has 3 atom stereocenters. The van der Waals surface area contributed by atoms with Crippen LogP contribution in [0.15, 0.2) is 35.2 Å². The van der Waals surface area contributed by atoms with E-state index in [1.807, 2.05) is 17.8 Å². The van der Waals surface area contributed by atoms with Gasteiger partial charge >= 0.3 is 5.97 Å². The van der Waals surface area contributed by atoms with Crippen LogP contribution in [0.1, 0.15) is 25.7 Å². The number of carbonyl (C=O) groups is 1. The number of ether oxygens (including phenoxy) is 1. The summed E-state index contributed by atoms with van der Waals surface area (Å²) in [6.45, 7) is 0. The minimum atomic E-state index is -0.128. The molecule has 0 amide bonds. The fourth-order valence-electron chi connectivity index (χ4n) is 3.73. The summed E-state index contributed by atoms with van der Waals surface area (Å²) in [6, 6.07) is 11.0. The van der Waals surface area contributed by atoms with Crippen LogP contribution in [0.25, 0.3) is 0 Å². The van der Waals surface area contributed by atoms with Gasteiger partial charge in [-0.2, -0.15) is 0 Å². The number of hydrogen-bond acceptors (Lipinski definition) is 4. The van der Waals surface area contributed by atoms with Crippen molar-refractivity contribution in [1.82, 2.24) is 4.90 Å². The Labute approximate surface area is 124 Å². The number of methoxy groups -OCH3 is 1. The molecular formula is C16H21NO2S. The molecule has 2 aliphatic heterocycles. The lowest BCUT2D eigenvalue weighted by molar-refractivity contribution is -0.150.